The molecule has 1 aromatic carbocycles. The Labute approximate surface area is 99.3 Å². The van der Waals surface area contributed by atoms with Crippen molar-refractivity contribution < 1.29 is 9.60 Å². The molecule has 0 radical (unpaired) electrons. The number of benzene rings is 1. The second-order valence-electron chi connectivity index (χ2n) is 3.39. The van der Waals surface area contributed by atoms with Crippen molar-refractivity contribution in [1.82, 2.24) is 5.32 Å². The molecule has 17 heavy (non-hydrogen) atoms. The number of oxime groups is 1. The smallest absolute Gasteiger partial charge is 0.173 e. The summed E-state index contributed by atoms with van der Waals surface area (Å²) in [6.07, 6.45) is 5.68. The second-order valence-corrected chi connectivity index (χ2v) is 3.39. The van der Waals surface area contributed by atoms with E-state index in [9.17, 15) is 4.39 Å². The third kappa shape index (κ3) is 3.47. The molecule has 1 aromatic rings. The minimum Gasteiger partial charge on any atom is -0.409 e. The minimum absolute atomic E-state index is 0.0868. The number of nitrogens with two attached hydrogens (primary N) is 1. The van der Waals surface area contributed by atoms with Crippen LogP contribution in [0.25, 0.3) is 0 Å². The van der Waals surface area contributed by atoms with Crippen LogP contribution < -0.4 is 11.1 Å². The van der Waals surface area contributed by atoms with E-state index in [1.54, 1.807) is 12.1 Å². The Balaban J connectivity index is 2.77. The first kappa shape index (κ1) is 13.0. The van der Waals surface area contributed by atoms with E-state index >= 15 is 0 Å². The van der Waals surface area contributed by atoms with Gasteiger partial charge < -0.3 is 16.3 Å². The standard InChI is InChI=1S/C12H14FN3O/c1-2-3-7-15-8-9-5-4-6-10(11(9)13)12(14)16-17/h1,4-6,15,17H,3,7-8H2,(H2,14,16). The summed E-state index contributed by atoms with van der Waals surface area (Å²) in [5, 5.41) is 14.3. The molecule has 0 spiro atoms. The Morgan fingerprint density at radius 2 is 2.35 bits per heavy atom. The van der Waals surface area contributed by atoms with Gasteiger partial charge in [-0.25, -0.2) is 4.39 Å². The number of hydrogen-bond donors (Lipinski definition) is 3. The first-order chi connectivity index (χ1) is 8.20. The molecule has 4 nitrogen and oxygen atoms in total. The van der Waals surface area contributed by atoms with Crippen LogP contribution in [0.15, 0.2) is 23.4 Å². The van der Waals surface area contributed by atoms with E-state index in [-0.39, 0.29) is 11.4 Å². The van der Waals surface area contributed by atoms with Gasteiger partial charge in [-0.1, -0.05) is 17.3 Å². The fraction of sp³-hybridized carbons (Fsp3) is 0.250. The van der Waals surface area contributed by atoms with Gasteiger partial charge in [-0.2, -0.15) is 0 Å². The van der Waals surface area contributed by atoms with Crippen LogP contribution in [-0.4, -0.2) is 17.6 Å². The Kier molecular flexibility index (Phi) is 4.98. The van der Waals surface area contributed by atoms with E-state index < -0.39 is 5.82 Å². The van der Waals surface area contributed by atoms with Crippen molar-refractivity contribution in [1.29, 1.82) is 0 Å². The fourth-order valence-electron chi connectivity index (χ4n) is 1.35. The zero-order valence-electron chi connectivity index (χ0n) is 9.28. The lowest BCUT2D eigenvalue weighted by atomic mass is 10.1. The van der Waals surface area contributed by atoms with Crippen molar-refractivity contribution in [2.45, 2.75) is 13.0 Å². The molecule has 4 N–H and O–H groups in total. The Bertz CT molecular complexity index is 452. The van der Waals surface area contributed by atoms with Crippen LogP contribution in [0.4, 0.5) is 4.39 Å². The van der Waals surface area contributed by atoms with Crippen LogP contribution in [0.2, 0.25) is 0 Å². The van der Waals surface area contributed by atoms with Crippen LogP contribution in [-0.2, 0) is 6.54 Å². The Morgan fingerprint density at radius 1 is 1.59 bits per heavy atom. The molecule has 90 valence electrons. The van der Waals surface area contributed by atoms with Gasteiger partial charge in [0.15, 0.2) is 5.84 Å². The lowest BCUT2D eigenvalue weighted by molar-refractivity contribution is 0.318. The minimum atomic E-state index is -0.490. The molecule has 0 aliphatic carbocycles. The van der Waals surface area contributed by atoms with Gasteiger partial charge in [-0.05, 0) is 6.07 Å². The largest absolute Gasteiger partial charge is 0.409 e. The predicted molar refractivity (Wildman–Crippen MR) is 64.1 cm³/mol. The van der Waals surface area contributed by atoms with Crippen LogP contribution in [0.1, 0.15) is 17.5 Å². The van der Waals surface area contributed by atoms with Gasteiger partial charge in [-0.3, -0.25) is 0 Å². The summed E-state index contributed by atoms with van der Waals surface area (Å²) in [7, 11) is 0. The van der Waals surface area contributed by atoms with Gasteiger partial charge in [0.1, 0.15) is 5.82 Å². The summed E-state index contributed by atoms with van der Waals surface area (Å²) in [5.41, 5.74) is 5.89. The number of rotatable bonds is 5. The molecule has 0 heterocycles. The maximum atomic E-state index is 13.9. The number of nitrogens with zero attached hydrogens (tertiary/aromatic N) is 1. The molecule has 0 aliphatic rings. The molecule has 0 atom stereocenters. The molecular weight excluding hydrogens is 221 g/mol. The lowest BCUT2D eigenvalue weighted by Gasteiger charge is -2.07. The first-order valence-electron chi connectivity index (χ1n) is 5.10. The zero-order chi connectivity index (χ0) is 12.7. The summed E-state index contributed by atoms with van der Waals surface area (Å²) in [4.78, 5) is 0. The lowest BCUT2D eigenvalue weighted by Crippen LogP contribution is -2.19. The Morgan fingerprint density at radius 3 is 3.00 bits per heavy atom. The summed E-state index contributed by atoms with van der Waals surface area (Å²) >= 11 is 0. The third-order valence-electron chi connectivity index (χ3n) is 2.22. The van der Waals surface area contributed by atoms with Crippen molar-refractivity contribution in [2.75, 3.05) is 6.54 Å². The summed E-state index contributed by atoms with van der Waals surface area (Å²) < 4.78 is 13.9. The van der Waals surface area contributed by atoms with Gasteiger partial charge in [0.2, 0.25) is 0 Å². The van der Waals surface area contributed by atoms with Gasteiger partial charge in [0.05, 0.1) is 5.56 Å². The third-order valence-corrected chi connectivity index (χ3v) is 2.22. The van der Waals surface area contributed by atoms with Gasteiger partial charge in [-0.15, -0.1) is 12.3 Å². The maximum absolute atomic E-state index is 13.9. The summed E-state index contributed by atoms with van der Waals surface area (Å²) in [6.45, 7) is 0.962. The summed E-state index contributed by atoms with van der Waals surface area (Å²) in [6, 6.07) is 4.73. The van der Waals surface area contributed by atoms with Crippen molar-refractivity contribution in [2.24, 2.45) is 10.9 Å². The monoisotopic (exact) mass is 235 g/mol. The van der Waals surface area contributed by atoms with Gasteiger partial charge in [0, 0.05) is 25.1 Å². The molecular formula is C12H14FN3O. The van der Waals surface area contributed by atoms with E-state index in [1.807, 2.05) is 0 Å². The summed E-state index contributed by atoms with van der Waals surface area (Å²) in [5.74, 6) is 1.75. The fourth-order valence-corrected chi connectivity index (χ4v) is 1.35. The zero-order valence-corrected chi connectivity index (χ0v) is 9.28. The van der Waals surface area contributed by atoms with E-state index in [0.29, 0.717) is 25.1 Å². The number of terminal acetylenes is 1. The van der Waals surface area contributed by atoms with Crippen LogP contribution in [0.3, 0.4) is 0 Å². The number of hydrogen-bond acceptors (Lipinski definition) is 3. The molecule has 0 saturated heterocycles. The quantitative estimate of drug-likeness (QED) is 0.178. The molecule has 0 saturated carbocycles. The molecule has 0 unspecified atom stereocenters. The molecule has 0 bridgehead atoms. The van der Waals surface area contributed by atoms with Crippen LogP contribution >= 0.6 is 0 Å². The molecule has 0 aromatic heterocycles. The highest BCUT2D eigenvalue weighted by molar-refractivity contribution is 5.97. The van der Waals surface area contributed by atoms with Gasteiger partial charge >= 0.3 is 0 Å². The molecule has 0 fully saturated rings. The number of amidine groups is 1. The van der Waals surface area contributed by atoms with Crippen molar-refractivity contribution in [3.05, 3.63) is 35.1 Å². The van der Waals surface area contributed by atoms with Crippen LogP contribution in [0, 0.1) is 18.2 Å². The predicted octanol–water partition coefficient (Wildman–Crippen LogP) is 1.03. The second kappa shape index (κ2) is 6.51. The average Bonchev–Trinajstić information content (AvgIpc) is 2.35. The van der Waals surface area contributed by atoms with Crippen molar-refractivity contribution in [3.8, 4) is 12.3 Å². The van der Waals surface area contributed by atoms with Crippen molar-refractivity contribution in [3.63, 3.8) is 0 Å². The molecule has 1 rings (SSSR count). The first-order valence-corrected chi connectivity index (χ1v) is 5.10. The molecule has 5 heteroatoms. The normalized spacial score (nSPS) is 11.2. The van der Waals surface area contributed by atoms with E-state index in [2.05, 4.69) is 16.4 Å². The SMILES string of the molecule is C#CCCNCc1cccc(/C(N)=N\O)c1F. The highest BCUT2D eigenvalue weighted by Crippen LogP contribution is 2.12. The Hall–Kier alpha value is -2.06. The topological polar surface area (TPSA) is 70.6 Å². The van der Waals surface area contributed by atoms with E-state index in [4.69, 9.17) is 17.4 Å². The average molecular weight is 235 g/mol. The molecule has 0 amide bonds. The van der Waals surface area contributed by atoms with Gasteiger partial charge in [0.25, 0.3) is 0 Å². The highest BCUT2D eigenvalue weighted by atomic mass is 19.1. The van der Waals surface area contributed by atoms with E-state index in [1.165, 1.54) is 6.07 Å². The van der Waals surface area contributed by atoms with Crippen molar-refractivity contribution >= 4 is 5.84 Å². The highest BCUT2D eigenvalue weighted by Gasteiger charge is 2.10. The molecule has 0 aliphatic heterocycles. The number of halogens is 1. The number of nitrogens with one attached hydrogen (secondary N) is 1. The van der Waals surface area contributed by atoms with Crippen LogP contribution in [0.5, 0.6) is 0 Å². The maximum Gasteiger partial charge on any atom is 0.173 e. The van der Waals surface area contributed by atoms with E-state index in [0.717, 1.165) is 0 Å².